The van der Waals surface area contributed by atoms with Gasteiger partial charge < -0.3 is 4.74 Å². The molecule has 1 atom stereocenters. The Morgan fingerprint density at radius 2 is 1.85 bits per heavy atom. The molecule has 0 spiro atoms. The standard InChI is InChI=1S/C15H17F3O2/c1-4-14(19)10(2)9-20-11(3)12-5-7-13(8-6-12)15(16,17)18/h5-9,11H,4H2,1-3H3/b10-9+/t11-/m1/s1. The third kappa shape index (κ3) is 4.40. The number of carbonyl (C=O) groups is 1. The molecule has 0 aliphatic heterocycles. The highest BCUT2D eigenvalue weighted by Gasteiger charge is 2.30. The highest BCUT2D eigenvalue weighted by molar-refractivity contribution is 5.94. The molecule has 1 aromatic rings. The van der Waals surface area contributed by atoms with Crippen LogP contribution in [0.4, 0.5) is 13.2 Å². The molecule has 0 N–H and O–H groups in total. The molecule has 0 aliphatic carbocycles. The van der Waals surface area contributed by atoms with Gasteiger partial charge >= 0.3 is 6.18 Å². The maximum Gasteiger partial charge on any atom is 0.416 e. The van der Waals surface area contributed by atoms with Gasteiger partial charge in [0.15, 0.2) is 5.78 Å². The first kappa shape index (κ1) is 16.3. The number of alkyl halides is 3. The lowest BCUT2D eigenvalue weighted by Gasteiger charge is -2.14. The van der Waals surface area contributed by atoms with Gasteiger partial charge in [-0.05, 0) is 31.5 Å². The zero-order valence-electron chi connectivity index (χ0n) is 11.6. The molecular formula is C15H17F3O2. The minimum atomic E-state index is -4.34. The van der Waals surface area contributed by atoms with Crippen LogP contribution >= 0.6 is 0 Å². The number of allylic oxidation sites excluding steroid dienone is 1. The second kappa shape index (κ2) is 6.59. The highest BCUT2D eigenvalue weighted by atomic mass is 19.4. The van der Waals surface area contributed by atoms with Crippen LogP contribution in [-0.2, 0) is 15.7 Å². The van der Waals surface area contributed by atoms with Gasteiger partial charge in [0.2, 0.25) is 0 Å². The Morgan fingerprint density at radius 1 is 1.30 bits per heavy atom. The summed E-state index contributed by atoms with van der Waals surface area (Å²) in [7, 11) is 0. The van der Waals surface area contributed by atoms with Crippen LogP contribution < -0.4 is 0 Å². The minimum Gasteiger partial charge on any atom is -0.493 e. The zero-order valence-corrected chi connectivity index (χ0v) is 11.6. The molecule has 0 aliphatic rings. The maximum atomic E-state index is 12.4. The Labute approximate surface area is 116 Å². The Morgan fingerprint density at radius 3 is 2.30 bits per heavy atom. The van der Waals surface area contributed by atoms with E-state index >= 15 is 0 Å². The predicted octanol–water partition coefficient (Wildman–Crippen LogP) is 4.67. The number of benzene rings is 1. The first-order chi connectivity index (χ1) is 9.25. The molecule has 0 bridgehead atoms. The van der Waals surface area contributed by atoms with Crippen LogP contribution in [0, 0.1) is 0 Å². The zero-order chi connectivity index (χ0) is 15.3. The van der Waals surface area contributed by atoms with Crippen molar-refractivity contribution < 1.29 is 22.7 Å². The lowest BCUT2D eigenvalue weighted by molar-refractivity contribution is -0.137. The summed E-state index contributed by atoms with van der Waals surface area (Å²) in [5.74, 6) is -0.0235. The molecule has 0 radical (unpaired) electrons. The van der Waals surface area contributed by atoms with E-state index in [1.54, 1.807) is 20.8 Å². The third-order valence-electron chi connectivity index (χ3n) is 2.92. The van der Waals surface area contributed by atoms with E-state index in [9.17, 15) is 18.0 Å². The third-order valence-corrected chi connectivity index (χ3v) is 2.92. The number of Topliss-reactive ketones (excluding diaryl/α,β-unsaturated/α-hetero) is 1. The summed E-state index contributed by atoms with van der Waals surface area (Å²) in [4.78, 5) is 11.3. The molecule has 2 nitrogen and oxygen atoms in total. The van der Waals surface area contributed by atoms with Gasteiger partial charge in [0.25, 0.3) is 0 Å². The topological polar surface area (TPSA) is 26.3 Å². The first-order valence-corrected chi connectivity index (χ1v) is 6.28. The molecule has 110 valence electrons. The van der Waals surface area contributed by atoms with Gasteiger partial charge in [-0.3, -0.25) is 4.79 Å². The second-order valence-electron chi connectivity index (χ2n) is 4.48. The van der Waals surface area contributed by atoms with Gasteiger partial charge in [0.1, 0.15) is 6.10 Å². The summed E-state index contributed by atoms with van der Waals surface area (Å²) >= 11 is 0. The van der Waals surface area contributed by atoms with E-state index in [2.05, 4.69) is 0 Å². The molecule has 0 saturated carbocycles. The Hall–Kier alpha value is -1.78. The summed E-state index contributed by atoms with van der Waals surface area (Å²) in [6.45, 7) is 5.10. The first-order valence-electron chi connectivity index (χ1n) is 6.28. The van der Waals surface area contributed by atoms with Crippen LogP contribution in [0.5, 0.6) is 0 Å². The number of ether oxygens (including phenoxy) is 1. The highest BCUT2D eigenvalue weighted by Crippen LogP contribution is 2.30. The minimum absolute atomic E-state index is 0.0235. The lowest BCUT2D eigenvalue weighted by Crippen LogP contribution is -2.05. The van der Waals surface area contributed by atoms with Crippen molar-refractivity contribution >= 4 is 5.78 Å². The monoisotopic (exact) mass is 286 g/mol. The fraction of sp³-hybridized carbons (Fsp3) is 0.400. The molecular weight excluding hydrogens is 269 g/mol. The lowest BCUT2D eigenvalue weighted by atomic mass is 10.1. The number of carbonyl (C=O) groups excluding carboxylic acids is 1. The molecule has 0 aromatic heterocycles. The van der Waals surface area contributed by atoms with Crippen molar-refractivity contribution in [2.45, 2.75) is 39.5 Å². The van der Waals surface area contributed by atoms with Crippen molar-refractivity contribution in [3.8, 4) is 0 Å². The van der Waals surface area contributed by atoms with Gasteiger partial charge in [-0.2, -0.15) is 13.2 Å². The van der Waals surface area contributed by atoms with Crippen molar-refractivity contribution in [1.29, 1.82) is 0 Å². The molecule has 0 fully saturated rings. The van der Waals surface area contributed by atoms with Gasteiger partial charge in [0, 0.05) is 12.0 Å². The molecule has 0 amide bonds. The van der Waals surface area contributed by atoms with Crippen LogP contribution in [-0.4, -0.2) is 5.78 Å². The van der Waals surface area contributed by atoms with Crippen molar-refractivity contribution in [3.63, 3.8) is 0 Å². The molecule has 5 heteroatoms. The van der Waals surface area contributed by atoms with E-state index in [0.29, 0.717) is 17.6 Å². The summed E-state index contributed by atoms with van der Waals surface area (Å²) in [5, 5.41) is 0. The van der Waals surface area contributed by atoms with Crippen molar-refractivity contribution in [2.24, 2.45) is 0 Å². The van der Waals surface area contributed by atoms with E-state index < -0.39 is 17.8 Å². The van der Waals surface area contributed by atoms with E-state index in [4.69, 9.17) is 4.74 Å². The van der Waals surface area contributed by atoms with E-state index in [-0.39, 0.29) is 5.78 Å². The van der Waals surface area contributed by atoms with Crippen molar-refractivity contribution in [1.82, 2.24) is 0 Å². The normalized spacial score (nSPS) is 14.0. The van der Waals surface area contributed by atoms with E-state index in [1.165, 1.54) is 18.4 Å². The summed E-state index contributed by atoms with van der Waals surface area (Å²) in [6, 6.07) is 4.78. The molecule has 1 aromatic carbocycles. The summed E-state index contributed by atoms with van der Waals surface area (Å²) < 4.78 is 42.6. The summed E-state index contributed by atoms with van der Waals surface area (Å²) in [5.41, 5.74) is 0.415. The Kier molecular flexibility index (Phi) is 5.36. The molecule has 0 unspecified atom stereocenters. The van der Waals surface area contributed by atoms with Crippen LogP contribution in [0.1, 0.15) is 44.4 Å². The van der Waals surface area contributed by atoms with Crippen LogP contribution in [0.3, 0.4) is 0 Å². The molecule has 0 heterocycles. The fourth-order valence-corrected chi connectivity index (χ4v) is 1.57. The second-order valence-corrected chi connectivity index (χ2v) is 4.48. The SMILES string of the molecule is CCC(=O)/C(C)=C/O[C@H](C)c1ccc(C(F)(F)F)cc1. The largest absolute Gasteiger partial charge is 0.493 e. The van der Waals surface area contributed by atoms with Gasteiger partial charge in [-0.15, -0.1) is 0 Å². The van der Waals surface area contributed by atoms with Crippen LogP contribution in [0.25, 0.3) is 0 Å². The predicted molar refractivity (Wildman–Crippen MR) is 70.0 cm³/mol. The van der Waals surface area contributed by atoms with Gasteiger partial charge in [-0.25, -0.2) is 0 Å². The number of ketones is 1. The molecule has 1 rings (SSSR count). The summed E-state index contributed by atoms with van der Waals surface area (Å²) in [6.07, 6.45) is -3.02. The van der Waals surface area contributed by atoms with E-state index in [0.717, 1.165) is 12.1 Å². The van der Waals surface area contributed by atoms with Gasteiger partial charge in [0.05, 0.1) is 11.8 Å². The van der Waals surface area contributed by atoms with Crippen LogP contribution in [0.15, 0.2) is 36.1 Å². The van der Waals surface area contributed by atoms with E-state index in [1.807, 2.05) is 0 Å². The number of halogens is 3. The number of rotatable bonds is 5. The fourth-order valence-electron chi connectivity index (χ4n) is 1.57. The smallest absolute Gasteiger partial charge is 0.416 e. The Bertz CT molecular complexity index is 487. The quantitative estimate of drug-likeness (QED) is 0.581. The molecule has 20 heavy (non-hydrogen) atoms. The average Bonchev–Trinajstić information content (AvgIpc) is 2.42. The Balaban J connectivity index is 2.74. The number of hydrogen-bond acceptors (Lipinski definition) is 2. The van der Waals surface area contributed by atoms with Crippen LogP contribution in [0.2, 0.25) is 0 Å². The average molecular weight is 286 g/mol. The van der Waals surface area contributed by atoms with Crippen molar-refractivity contribution in [2.75, 3.05) is 0 Å². The number of hydrogen-bond donors (Lipinski definition) is 0. The van der Waals surface area contributed by atoms with Gasteiger partial charge in [-0.1, -0.05) is 19.1 Å². The molecule has 0 saturated heterocycles. The maximum absolute atomic E-state index is 12.4. The van der Waals surface area contributed by atoms with Crippen molar-refractivity contribution in [3.05, 3.63) is 47.2 Å².